The van der Waals surface area contributed by atoms with Crippen LogP contribution in [0.1, 0.15) is 16.8 Å². The van der Waals surface area contributed by atoms with E-state index < -0.39 is 11.7 Å². The van der Waals surface area contributed by atoms with Gasteiger partial charge in [0.25, 0.3) is 0 Å². The lowest BCUT2D eigenvalue weighted by molar-refractivity contribution is -0.137. The minimum absolute atomic E-state index is 0.312. The minimum Gasteiger partial charge on any atom is -0.249 e. The molecule has 102 valence electrons. The second-order valence-electron chi connectivity index (χ2n) is 3.79. The van der Waals surface area contributed by atoms with E-state index in [1.807, 2.05) is 6.07 Å². The Labute approximate surface area is 117 Å². The summed E-state index contributed by atoms with van der Waals surface area (Å²) in [6, 6.07) is 7.73. The van der Waals surface area contributed by atoms with E-state index in [0.717, 1.165) is 17.8 Å². The van der Waals surface area contributed by atoms with Crippen molar-refractivity contribution in [2.45, 2.75) is 17.0 Å². The van der Waals surface area contributed by atoms with Crippen molar-refractivity contribution in [3.05, 3.63) is 53.5 Å². The number of hydrogen-bond acceptors (Lipinski definition) is 4. The van der Waals surface area contributed by atoms with Gasteiger partial charge in [-0.05, 0) is 23.8 Å². The third kappa shape index (κ3) is 3.48. The molecule has 0 saturated heterocycles. The molecule has 0 aromatic carbocycles. The Bertz CT molecular complexity index is 633. The Balaban J connectivity index is 2.07. The van der Waals surface area contributed by atoms with Gasteiger partial charge in [0.05, 0.1) is 10.6 Å². The summed E-state index contributed by atoms with van der Waals surface area (Å²) in [5.74, 6) is 0.426. The number of nitriles is 1. The molecule has 2 rings (SSSR count). The number of aromatic nitrogens is 2. The summed E-state index contributed by atoms with van der Waals surface area (Å²) in [4.78, 5) is 7.67. The largest absolute Gasteiger partial charge is 0.417 e. The molecular formula is C13H8F3N3S. The molecule has 20 heavy (non-hydrogen) atoms. The number of halogens is 3. The van der Waals surface area contributed by atoms with Crippen LogP contribution in [0.5, 0.6) is 0 Å². The Morgan fingerprint density at radius 3 is 2.60 bits per heavy atom. The van der Waals surface area contributed by atoms with Crippen LogP contribution in [-0.4, -0.2) is 9.97 Å². The maximum absolute atomic E-state index is 12.4. The number of thioether (sulfide) groups is 1. The molecule has 0 atom stereocenters. The van der Waals surface area contributed by atoms with Crippen LogP contribution in [0.2, 0.25) is 0 Å². The molecule has 0 fully saturated rings. The zero-order chi connectivity index (χ0) is 14.6. The van der Waals surface area contributed by atoms with Crippen molar-refractivity contribution >= 4 is 11.8 Å². The van der Waals surface area contributed by atoms with E-state index in [-0.39, 0.29) is 0 Å². The highest BCUT2D eigenvalue weighted by atomic mass is 32.2. The van der Waals surface area contributed by atoms with Gasteiger partial charge in [0.1, 0.15) is 11.8 Å². The van der Waals surface area contributed by atoms with Crippen molar-refractivity contribution in [2.75, 3.05) is 0 Å². The molecule has 0 radical (unpaired) electrons. The first-order valence-electron chi connectivity index (χ1n) is 5.51. The summed E-state index contributed by atoms with van der Waals surface area (Å²) in [5.41, 5.74) is 0.259. The maximum Gasteiger partial charge on any atom is 0.417 e. The van der Waals surface area contributed by atoms with Gasteiger partial charge >= 0.3 is 6.18 Å². The average Bonchev–Trinajstić information content (AvgIpc) is 2.45. The fourth-order valence-corrected chi connectivity index (χ4v) is 2.27. The predicted molar refractivity (Wildman–Crippen MR) is 67.8 cm³/mol. The molecule has 0 unspecified atom stereocenters. The van der Waals surface area contributed by atoms with Crippen molar-refractivity contribution in [3.8, 4) is 6.07 Å². The van der Waals surface area contributed by atoms with Gasteiger partial charge in [0.15, 0.2) is 0 Å². The number of alkyl halides is 3. The van der Waals surface area contributed by atoms with E-state index in [9.17, 15) is 13.2 Å². The molecule has 0 aliphatic heterocycles. The van der Waals surface area contributed by atoms with Crippen molar-refractivity contribution in [1.82, 2.24) is 9.97 Å². The molecule has 0 aliphatic rings. The summed E-state index contributed by atoms with van der Waals surface area (Å²) >= 11 is 1.25. The van der Waals surface area contributed by atoms with Crippen molar-refractivity contribution in [3.63, 3.8) is 0 Å². The summed E-state index contributed by atoms with van der Waals surface area (Å²) in [6.45, 7) is 0. The van der Waals surface area contributed by atoms with Gasteiger partial charge < -0.3 is 0 Å². The molecule has 2 heterocycles. The van der Waals surface area contributed by atoms with E-state index in [1.54, 1.807) is 12.1 Å². The van der Waals surface area contributed by atoms with Crippen molar-refractivity contribution in [1.29, 1.82) is 5.26 Å². The van der Waals surface area contributed by atoms with Crippen LogP contribution in [0.15, 0.2) is 41.7 Å². The van der Waals surface area contributed by atoms with Gasteiger partial charge in [-0.2, -0.15) is 18.4 Å². The zero-order valence-electron chi connectivity index (χ0n) is 10.1. The zero-order valence-corrected chi connectivity index (χ0v) is 10.9. The molecule has 2 aromatic rings. The molecule has 0 bridgehead atoms. The Kier molecular flexibility index (Phi) is 4.25. The number of hydrogen-bond donors (Lipinski definition) is 0. The quantitative estimate of drug-likeness (QED) is 0.811. The molecule has 7 heteroatoms. The SMILES string of the molecule is N#Cc1ncccc1CSc1ccc(C(F)(F)F)cn1. The summed E-state index contributed by atoms with van der Waals surface area (Å²) in [6.07, 6.45) is -2.06. The molecule has 0 amide bonds. The third-order valence-corrected chi connectivity index (χ3v) is 3.43. The lowest BCUT2D eigenvalue weighted by atomic mass is 10.2. The monoisotopic (exact) mass is 295 g/mol. The lowest BCUT2D eigenvalue weighted by Crippen LogP contribution is -2.05. The first-order chi connectivity index (χ1) is 9.50. The normalized spacial score (nSPS) is 11.1. The highest BCUT2D eigenvalue weighted by molar-refractivity contribution is 7.98. The van der Waals surface area contributed by atoms with Crippen LogP contribution in [0.25, 0.3) is 0 Å². The number of rotatable bonds is 3. The van der Waals surface area contributed by atoms with E-state index >= 15 is 0 Å². The molecule has 3 nitrogen and oxygen atoms in total. The average molecular weight is 295 g/mol. The van der Waals surface area contributed by atoms with Crippen LogP contribution in [-0.2, 0) is 11.9 Å². The summed E-state index contributed by atoms with van der Waals surface area (Å²) in [5, 5.41) is 9.34. The van der Waals surface area contributed by atoms with Crippen LogP contribution < -0.4 is 0 Å². The van der Waals surface area contributed by atoms with Gasteiger partial charge in [-0.25, -0.2) is 9.97 Å². The van der Waals surface area contributed by atoms with Gasteiger partial charge in [-0.3, -0.25) is 0 Å². The number of nitrogens with zero attached hydrogens (tertiary/aromatic N) is 3. The highest BCUT2D eigenvalue weighted by Crippen LogP contribution is 2.30. The Morgan fingerprint density at radius 2 is 2.00 bits per heavy atom. The van der Waals surface area contributed by atoms with Crippen LogP contribution in [0, 0.1) is 11.3 Å². The molecular weight excluding hydrogens is 287 g/mol. The van der Waals surface area contributed by atoms with Crippen molar-refractivity contribution < 1.29 is 13.2 Å². The van der Waals surface area contributed by atoms with E-state index in [2.05, 4.69) is 9.97 Å². The van der Waals surface area contributed by atoms with Gasteiger partial charge in [-0.1, -0.05) is 6.07 Å². The predicted octanol–water partition coefficient (Wildman–Crippen LogP) is 3.66. The van der Waals surface area contributed by atoms with Crippen LogP contribution >= 0.6 is 11.8 Å². The molecule has 2 aromatic heterocycles. The van der Waals surface area contributed by atoms with Gasteiger partial charge in [-0.15, -0.1) is 11.8 Å². The fourth-order valence-electron chi connectivity index (χ4n) is 1.44. The van der Waals surface area contributed by atoms with Crippen molar-refractivity contribution in [2.24, 2.45) is 0 Å². The molecule has 0 saturated carbocycles. The highest BCUT2D eigenvalue weighted by Gasteiger charge is 2.30. The molecule has 0 aliphatic carbocycles. The summed E-state index contributed by atoms with van der Waals surface area (Å²) in [7, 11) is 0. The minimum atomic E-state index is -4.38. The van der Waals surface area contributed by atoms with E-state index in [1.165, 1.54) is 24.0 Å². The lowest BCUT2D eigenvalue weighted by Gasteiger charge is -2.07. The standard InChI is InChI=1S/C13H8F3N3S/c14-13(15,16)10-3-4-12(19-7-10)20-8-9-2-1-5-18-11(9)6-17/h1-5,7H,8H2. The third-order valence-electron chi connectivity index (χ3n) is 2.44. The van der Waals surface area contributed by atoms with E-state index in [0.29, 0.717) is 16.5 Å². The topological polar surface area (TPSA) is 49.6 Å². The number of pyridine rings is 2. The second-order valence-corrected chi connectivity index (χ2v) is 4.79. The Morgan fingerprint density at radius 1 is 1.20 bits per heavy atom. The van der Waals surface area contributed by atoms with Gasteiger partial charge in [0, 0.05) is 18.1 Å². The molecule has 0 spiro atoms. The van der Waals surface area contributed by atoms with Crippen LogP contribution in [0.4, 0.5) is 13.2 Å². The van der Waals surface area contributed by atoms with E-state index in [4.69, 9.17) is 5.26 Å². The summed E-state index contributed by atoms with van der Waals surface area (Å²) < 4.78 is 37.1. The fraction of sp³-hybridized carbons (Fsp3) is 0.154. The second kappa shape index (κ2) is 5.92. The van der Waals surface area contributed by atoms with Gasteiger partial charge in [0.2, 0.25) is 0 Å². The smallest absolute Gasteiger partial charge is 0.249 e. The first kappa shape index (κ1) is 14.3. The molecule has 0 N–H and O–H groups in total. The van der Waals surface area contributed by atoms with Crippen LogP contribution in [0.3, 0.4) is 0 Å². The maximum atomic E-state index is 12.4. The Hall–Kier alpha value is -2.07. The first-order valence-corrected chi connectivity index (χ1v) is 6.49.